The lowest BCUT2D eigenvalue weighted by atomic mass is 9.82. The highest BCUT2D eigenvalue weighted by molar-refractivity contribution is 8.00. The zero-order valence-electron chi connectivity index (χ0n) is 36.2. The van der Waals surface area contributed by atoms with Crippen molar-refractivity contribution < 1.29 is 0 Å². The van der Waals surface area contributed by atoms with Crippen molar-refractivity contribution in [3.63, 3.8) is 0 Å². The van der Waals surface area contributed by atoms with Crippen molar-refractivity contribution in [3.8, 4) is 33.4 Å². The normalized spacial score (nSPS) is 15.6. The van der Waals surface area contributed by atoms with Crippen LogP contribution in [0.1, 0.15) is 32.8 Å². The van der Waals surface area contributed by atoms with Gasteiger partial charge in [-0.2, -0.15) is 0 Å². The molecule has 0 N–H and O–H groups in total. The van der Waals surface area contributed by atoms with Gasteiger partial charge >= 0.3 is 0 Å². The Labute approximate surface area is 393 Å². The second kappa shape index (κ2) is 15.2. The first-order valence-electron chi connectivity index (χ1n) is 23.2. The minimum absolute atomic E-state index is 0.361. The second-order valence-electron chi connectivity index (χ2n) is 18.0. The van der Waals surface area contributed by atoms with Crippen molar-refractivity contribution in [2.75, 3.05) is 0 Å². The molecule has 0 saturated carbocycles. The van der Waals surface area contributed by atoms with Crippen LogP contribution in [0.4, 0.5) is 0 Å². The van der Waals surface area contributed by atoms with Crippen LogP contribution in [0, 0.1) is 0 Å². The number of rotatable bonds is 5. The number of benzene rings is 12. The fraction of sp³-hybridized carbons (Fsp3) is 0.0625. The van der Waals surface area contributed by atoms with Crippen molar-refractivity contribution >= 4 is 88.2 Å². The van der Waals surface area contributed by atoms with Crippen LogP contribution in [-0.2, 0) is 12.8 Å². The van der Waals surface area contributed by atoms with Gasteiger partial charge in [0.1, 0.15) is 0 Å². The summed E-state index contributed by atoms with van der Waals surface area (Å²) in [5.41, 5.74) is 13.5. The molecule has 2 aliphatic heterocycles. The highest BCUT2D eigenvalue weighted by Crippen LogP contribution is 2.55. The Hall–Kier alpha value is -7.10. The van der Waals surface area contributed by atoms with E-state index in [0.29, 0.717) is 10.5 Å². The summed E-state index contributed by atoms with van der Waals surface area (Å²) in [5.74, 6) is 0. The van der Waals surface area contributed by atoms with Gasteiger partial charge in [-0.25, -0.2) is 0 Å². The Morgan fingerprint density at radius 1 is 0.242 bits per heavy atom. The lowest BCUT2D eigenvalue weighted by Gasteiger charge is -2.22. The average molecular weight is 875 g/mol. The van der Waals surface area contributed by atoms with E-state index in [1.54, 1.807) is 0 Å². The van der Waals surface area contributed by atoms with E-state index >= 15 is 0 Å². The first kappa shape index (κ1) is 38.2. The largest absolute Gasteiger partial charge is 0.117 e. The van der Waals surface area contributed by atoms with Gasteiger partial charge in [-0.05, 0) is 145 Å². The van der Waals surface area contributed by atoms with E-state index < -0.39 is 0 Å². The zero-order valence-corrected chi connectivity index (χ0v) is 37.8. The molecule has 0 aliphatic carbocycles. The summed E-state index contributed by atoms with van der Waals surface area (Å²) in [4.78, 5) is 2.82. The van der Waals surface area contributed by atoms with Crippen molar-refractivity contribution in [3.05, 3.63) is 241 Å². The molecule has 2 heterocycles. The maximum Gasteiger partial charge on any atom is 0.0397 e. The van der Waals surface area contributed by atoms with Crippen molar-refractivity contribution in [2.45, 2.75) is 33.1 Å². The fourth-order valence-electron chi connectivity index (χ4n) is 11.8. The Morgan fingerprint density at radius 3 is 0.833 bits per heavy atom. The van der Waals surface area contributed by atoms with Gasteiger partial charge in [-0.15, -0.1) is 23.5 Å². The van der Waals surface area contributed by atoms with E-state index in [9.17, 15) is 0 Å². The van der Waals surface area contributed by atoms with Gasteiger partial charge in [0.15, 0.2) is 0 Å². The quantitative estimate of drug-likeness (QED) is 0.158. The molecule has 0 saturated heterocycles. The molecule has 0 nitrogen and oxygen atoms in total. The molecule has 2 aliphatic rings. The van der Waals surface area contributed by atoms with E-state index in [1.807, 2.05) is 23.5 Å². The molecular formula is C64H42S2. The van der Waals surface area contributed by atoms with Crippen LogP contribution in [0.2, 0.25) is 0 Å². The van der Waals surface area contributed by atoms with E-state index in [2.05, 4.69) is 218 Å². The maximum absolute atomic E-state index is 2.41. The Morgan fingerprint density at radius 2 is 0.500 bits per heavy atom. The minimum atomic E-state index is 0.361. The first-order valence-corrected chi connectivity index (χ1v) is 24.9. The fourth-order valence-corrected chi connectivity index (χ4v) is 14.6. The van der Waals surface area contributed by atoms with Crippen LogP contribution >= 0.6 is 23.5 Å². The Kier molecular flexibility index (Phi) is 8.82. The van der Waals surface area contributed by atoms with Crippen LogP contribution in [0.5, 0.6) is 0 Å². The van der Waals surface area contributed by atoms with Gasteiger partial charge in [0, 0.05) is 20.3 Å². The summed E-state index contributed by atoms with van der Waals surface area (Å²) < 4.78 is 0. The van der Waals surface area contributed by atoms with E-state index in [4.69, 9.17) is 0 Å². The standard InChI is InChI=1S/C64H42S2/c1-15-31-57-39(17-1)37-59(65-57)63-51-27-11-7-23-47(51)61(48-24-8-12-28-52(48)63)55-35-33-45(41-19-3-5-21-43(41)55)46-34-36-56(44-22-6-4-20-42(44)46)62-49-25-9-13-29-53(49)64(54-30-14-10-26-50(54)62)60-38-40-18-2-16-32-58(40)66-60/h1-36,59-60H,37-38H2. The third kappa shape index (κ3) is 5.81. The van der Waals surface area contributed by atoms with Gasteiger partial charge in [0.25, 0.3) is 0 Å². The molecule has 2 atom stereocenters. The zero-order chi connectivity index (χ0) is 43.3. The highest BCUT2D eigenvalue weighted by Gasteiger charge is 2.30. The minimum Gasteiger partial charge on any atom is -0.117 e. The average Bonchev–Trinajstić information content (AvgIpc) is 4.01. The molecular weight excluding hydrogens is 833 g/mol. The molecule has 2 heteroatoms. The topological polar surface area (TPSA) is 0 Å². The molecule has 0 amide bonds. The summed E-state index contributed by atoms with van der Waals surface area (Å²) in [7, 11) is 0. The monoisotopic (exact) mass is 874 g/mol. The number of fused-ring (bicyclic) bond motifs is 8. The van der Waals surface area contributed by atoms with Gasteiger partial charge in [-0.1, -0.05) is 206 Å². The summed E-state index contributed by atoms with van der Waals surface area (Å²) in [6.45, 7) is 0. The predicted octanol–water partition coefficient (Wildman–Crippen LogP) is 18.4. The van der Waals surface area contributed by atoms with Gasteiger partial charge in [0.05, 0.1) is 0 Å². The van der Waals surface area contributed by atoms with Gasteiger partial charge < -0.3 is 0 Å². The second-order valence-corrected chi connectivity index (χ2v) is 20.5. The predicted molar refractivity (Wildman–Crippen MR) is 285 cm³/mol. The SMILES string of the molecule is c1ccc2c(c1)CC(c1c3ccccc3c(-c3ccc(-c4ccc(-c5c6ccccc6c(C6Cc7ccccc7S6)c6ccccc56)c5ccccc45)c4ccccc34)c3ccccc13)S2. The highest BCUT2D eigenvalue weighted by atomic mass is 32.2. The molecule has 12 aromatic rings. The smallest absolute Gasteiger partial charge is 0.0397 e. The number of hydrogen-bond acceptors (Lipinski definition) is 2. The van der Waals surface area contributed by atoms with E-state index in [0.717, 1.165) is 12.8 Å². The van der Waals surface area contributed by atoms with Crippen LogP contribution < -0.4 is 0 Å². The van der Waals surface area contributed by atoms with Gasteiger partial charge in [-0.3, -0.25) is 0 Å². The molecule has 0 bridgehead atoms. The molecule has 0 spiro atoms. The Balaban J connectivity index is 0.954. The molecule has 0 aromatic heterocycles. The molecule has 2 unspecified atom stereocenters. The summed E-state index contributed by atoms with van der Waals surface area (Å²) in [6.07, 6.45) is 2.09. The summed E-state index contributed by atoms with van der Waals surface area (Å²) in [6, 6.07) is 82.4. The molecule has 14 rings (SSSR count). The molecule has 66 heavy (non-hydrogen) atoms. The van der Waals surface area contributed by atoms with Crippen LogP contribution in [0.3, 0.4) is 0 Å². The number of hydrogen-bond donors (Lipinski definition) is 0. The third-order valence-corrected chi connectivity index (χ3v) is 17.2. The van der Waals surface area contributed by atoms with Crippen LogP contribution in [0.15, 0.2) is 228 Å². The molecule has 12 aromatic carbocycles. The van der Waals surface area contributed by atoms with E-state index in [1.165, 1.54) is 130 Å². The lowest BCUT2D eigenvalue weighted by Crippen LogP contribution is -1.99. The number of thioether (sulfide) groups is 2. The Bertz CT molecular complexity index is 3550. The lowest BCUT2D eigenvalue weighted by molar-refractivity contribution is 0.966. The van der Waals surface area contributed by atoms with Crippen molar-refractivity contribution in [1.82, 2.24) is 0 Å². The van der Waals surface area contributed by atoms with Gasteiger partial charge in [0.2, 0.25) is 0 Å². The van der Waals surface area contributed by atoms with Crippen LogP contribution in [-0.4, -0.2) is 0 Å². The molecule has 0 radical (unpaired) electrons. The van der Waals surface area contributed by atoms with Crippen molar-refractivity contribution in [2.24, 2.45) is 0 Å². The van der Waals surface area contributed by atoms with E-state index in [-0.39, 0.29) is 0 Å². The summed E-state index contributed by atoms with van der Waals surface area (Å²) >= 11 is 4.05. The van der Waals surface area contributed by atoms with Crippen LogP contribution in [0.25, 0.3) is 98.0 Å². The molecule has 310 valence electrons. The third-order valence-electron chi connectivity index (χ3n) is 14.6. The summed E-state index contributed by atoms with van der Waals surface area (Å²) in [5, 5.41) is 16.5. The molecule has 0 fully saturated rings. The maximum atomic E-state index is 2.41. The van der Waals surface area contributed by atoms with Crippen molar-refractivity contribution in [1.29, 1.82) is 0 Å². The first-order chi connectivity index (χ1) is 32.8.